The third-order valence-electron chi connectivity index (χ3n) is 5.86. The number of rotatable bonds is 4. The molecule has 1 fully saturated rings. The zero-order valence-electron chi connectivity index (χ0n) is 16.1. The zero-order chi connectivity index (χ0) is 20.0. The molecule has 1 saturated carbocycles. The van der Waals surface area contributed by atoms with E-state index in [1.165, 1.54) is 12.0 Å². The highest BCUT2D eigenvalue weighted by Gasteiger charge is 2.34. The van der Waals surface area contributed by atoms with Gasteiger partial charge in [0.05, 0.1) is 12.5 Å². The first kappa shape index (κ1) is 18.4. The second-order valence-electron chi connectivity index (χ2n) is 7.58. The first-order valence-electron chi connectivity index (χ1n) is 9.71. The molecule has 1 aliphatic rings. The van der Waals surface area contributed by atoms with Gasteiger partial charge in [-0.3, -0.25) is 0 Å². The number of aromatic nitrogens is 1. The third kappa shape index (κ3) is 2.96. The number of halogens is 1. The quantitative estimate of drug-likeness (QED) is 0.399. The van der Waals surface area contributed by atoms with E-state index in [4.69, 9.17) is 14.9 Å². The Bertz CT molecular complexity index is 1180. The summed E-state index contributed by atoms with van der Waals surface area (Å²) in [5.41, 5.74) is 11.2. The lowest BCUT2D eigenvalue weighted by atomic mass is 9.72. The number of fused-ring (bicyclic) bond motifs is 1. The highest BCUT2D eigenvalue weighted by molar-refractivity contribution is 9.10. The normalized spacial score (nSPS) is 15.3. The van der Waals surface area contributed by atoms with Crippen LogP contribution in [-0.2, 0) is 5.54 Å². The van der Waals surface area contributed by atoms with Crippen LogP contribution >= 0.6 is 15.9 Å². The minimum absolute atomic E-state index is 0.176. The van der Waals surface area contributed by atoms with Gasteiger partial charge in [-0.2, -0.15) is 0 Å². The van der Waals surface area contributed by atoms with Gasteiger partial charge in [-0.15, -0.1) is 0 Å². The summed E-state index contributed by atoms with van der Waals surface area (Å²) < 4.78 is 12.7. The van der Waals surface area contributed by atoms with E-state index < -0.39 is 0 Å². The highest BCUT2D eigenvalue weighted by Crippen LogP contribution is 2.46. The average Bonchev–Trinajstić information content (AvgIpc) is 3.15. The fourth-order valence-electron chi connectivity index (χ4n) is 4.08. The average molecular weight is 449 g/mol. The van der Waals surface area contributed by atoms with Gasteiger partial charge in [-0.05, 0) is 46.3 Å². The van der Waals surface area contributed by atoms with E-state index in [1.54, 1.807) is 13.3 Å². The van der Waals surface area contributed by atoms with Crippen LogP contribution in [0.15, 0.2) is 69.7 Å². The molecule has 5 heteroatoms. The molecule has 29 heavy (non-hydrogen) atoms. The van der Waals surface area contributed by atoms with Crippen LogP contribution in [0.1, 0.15) is 24.8 Å². The molecule has 4 nitrogen and oxygen atoms in total. The van der Waals surface area contributed by atoms with Crippen LogP contribution in [0.3, 0.4) is 0 Å². The minimum Gasteiger partial charge on any atom is -0.478 e. The van der Waals surface area contributed by atoms with Crippen LogP contribution in [0.4, 0.5) is 0 Å². The first-order chi connectivity index (χ1) is 14.1. The molecule has 0 radical (unpaired) electrons. The van der Waals surface area contributed by atoms with Crippen LogP contribution in [-0.4, -0.2) is 12.1 Å². The molecule has 0 aliphatic heterocycles. The van der Waals surface area contributed by atoms with Gasteiger partial charge in [-0.1, -0.05) is 54.6 Å². The number of nitrogens with zero attached hydrogens (tertiary/aromatic N) is 1. The number of hydrogen-bond donors (Lipinski definition) is 1. The monoisotopic (exact) mass is 448 g/mol. The predicted octanol–water partition coefficient (Wildman–Crippen LogP) is 6.27. The molecule has 2 N–H and O–H groups in total. The van der Waals surface area contributed by atoms with Crippen molar-refractivity contribution in [2.45, 2.75) is 24.8 Å². The lowest BCUT2D eigenvalue weighted by Crippen LogP contribution is -2.43. The summed E-state index contributed by atoms with van der Waals surface area (Å²) in [5.74, 6) is 1.27. The van der Waals surface area contributed by atoms with Crippen LogP contribution in [0.2, 0.25) is 0 Å². The maximum atomic E-state index is 6.50. The van der Waals surface area contributed by atoms with Crippen molar-refractivity contribution >= 4 is 26.9 Å². The molecule has 2 heterocycles. The largest absolute Gasteiger partial charge is 0.478 e. The Morgan fingerprint density at radius 2 is 1.76 bits per heavy atom. The molecule has 146 valence electrons. The van der Waals surface area contributed by atoms with E-state index >= 15 is 0 Å². The van der Waals surface area contributed by atoms with Crippen molar-refractivity contribution in [2.75, 3.05) is 7.11 Å². The van der Waals surface area contributed by atoms with Crippen LogP contribution in [0, 0.1) is 0 Å². The lowest BCUT2D eigenvalue weighted by molar-refractivity contribution is 0.253. The van der Waals surface area contributed by atoms with Crippen molar-refractivity contribution in [3.8, 4) is 28.3 Å². The van der Waals surface area contributed by atoms with Gasteiger partial charge in [0, 0.05) is 27.3 Å². The molecule has 2 aromatic heterocycles. The Labute approximate surface area is 177 Å². The topological polar surface area (TPSA) is 61.3 Å². The molecule has 5 rings (SSSR count). The van der Waals surface area contributed by atoms with Crippen molar-refractivity contribution in [1.82, 2.24) is 4.98 Å². The second-order valence-corrected chi connectivity index (χ2v) is 8.43. The minimum atomic E-state index is -0.176. The predicted molar refractivity (Wildman–Crippen MR) is 119 cm³/mol. The summed E-state index contributed by atoms with van der Waals surface area (Å²) in [5, 5.41) is 0.955. The Morgan fingerprint density at radius 1 is 1.03 bits per heavy atom. The number of ether oxygens (including phenoxy) is 1. The van der Waals surface area contributed by atoms with E-state index in [2.05, 4.69) is 57.3 Å². The van der Waals surface area contributed by atoms with Gasteiger partial charge in [0.2, 0.25) is 0 Å². The van der Waals surface area contributed by atoms with Gasteiger partial charge in [0.25, 0.3) is 5.88 Å². The van der Waals surface area contributed by atoms with E-state index in [-0.39, 0.29) is 5.54 Å². The molecule has 0 atom stereocenters. The fourth-order valence-corrected chi connectivity index (χ4v) is 4.56. The van der Waals surface area contributed by atoms with Crippen LogP contribution in [0.5, 0.6) is 5.88 Å². The van der Waals surface area contributed by atoms with Gasteiger partial charge in [-0.25, -0.2) is 4.98 Å². The number of hydrogen-bond acceptors (Lipinski definition) is 4. The SMILES string of the molecule is COc1ncc(Br)c2c(-c3ccccc3)c(-c3ccc(C4(N)CCC4)cc3)oc12. The Balaban J connectivity index is 1.74. The molecule has 0 unspecified atom stereocenters. The molecule has 0 saturated heterocycles. The summed E-state index contributed by atoms with van der Waals surface area (Å²) in [6.07, 6.45) is 5.04. The summed E-state index contributed by atoms with van der Waals surface area (Å²) in [6, 6.07) is 18.7. The van der Waals surface area contributed by atoms with Crippen LogP contribution < -0.4 is 10.5 Å². The Kier molecular flexibility index (Phi) is 4.45. The number of methoxy groups -OCH3 is 1. The van der Waals surface area contributed by atoms with Crippen molar-refractivity contribution in [1.29, 1.82) is 0 Å². The Hall–Kier alpha value is -2.63. The van der Waals surface area contributed by atoms with E-state index in [0.29, 0.717) is 11.5 Å². The fraction of sp³-hybridized carbons (Fsp3) is 0.208. The standard InChI is InChI=1S/C24H21BrN2O2/c1-28-23-22-20(18(25)14-27-23)19(15-6-3-2-4-7-15)21(29-22)16-8-10-17(11-9-16)24(26)12-5-13-24/h2-4,6-11,14H,5,12-13,26H2,1H3. The second kappa shape index (κ2) is 7.01. The summed E-state index contributed by atoms with van der Waals surface area (Å²) in [6.45, 7) is 0. The molecule has 1 aliphatic carbocycles. The smallest absolute Gasteiger partial charge is 0.258 e. The molecule has 2 aromatic carbocycles. The number of furan rings is 1. The Morgan fingerprint density at radius 3 is 2.38 bits per heavy atom. The molecule has 0 spiro atoms. The summed E-state index contributed by atoms with van der Waals surface area (Å²) >= 11 is 3.65. The molecular formula is C24H21BrN2O2. The van der Waals surface area contributed by atoms with Gasteiger partial charge >= 0.3 is 0 Å². The van der Waals surface area contributed by atoms with Crippen molar-refractivity contribution in [3.05, 3.63) is 70.8 Å². The van der Waals surface area contributed by atoms with Gasteiger partial charge in [0.15, 0.2) is 5.58 Å². The number of nitrogens with two attached hydrogens (primary N) is 1. The molecular weight excluding hydrogens is 428 g/mol. The van der Waals surface area contributed by atoms with Crippen molar-refractivity contribution < 1.29 is 9.15 Å². The zero-order valence-corrected chi connectivity index (χ0v) is 17.7. The van der Waals surface area contributed by atoms with Gasteiger partial charge < -0.3 is 14.9 Å². The molecule has 0 amide bonds. The maximum absolute atomic E-state index is 6.50. The maximum Gasteiger partial charge on any atom is 0.258 e. The lowest BCUT2D eigenvalue weighted by Gasteiger charge is -2.38. The van der Waals surface area contributed by atoms with E-state index in [9.17, 15) is 0 Å². The molecule has 4 aromatic rings. The van der Waals surface area contributed by atoms with Crippen molar-refractivity contribution in [3.63, 3.8) is 0 Å². The van der Waals surface area contributed by atoms with E-state index in [1.807, 2.05) is 18.2 Å². The first-order valence-corrected chi connectivity index (χ1v) is 10.5. The van der Waals surface area contributed by atoms with Gasteiger partial charge in [0.1, 0.15) is 5.76 Å². The van der Waals surface area contributed by atoms with E-state index in [0.717, 1.165) is 45.2 Å². The summed E-state index contributed by atoms with van der Waals surface area (Å²) in [7, 11) is 1.61. The number of benzene rings is 2. The number of pyridine rings is 1. The highest BCUT2D eigenvalue weighted by atomic mass is 79.9. The summed E-state index contributed by atoms with van der Waals surface area (Å²) in [4.78, 5) is 4.35. The van der Waals surface area contributed by atoms with Crippen LogP contribution in [0.25, 0.3) is 33.4 Å². The molecule has 0 bridgehead atoms. The van der Waals surface area contributed by atoms with Crippen molar-refractivity contribution in [2.24, 2.45) is 5.73 Å². The third-order valence-corrected chi connectivity index (χ3v) is 6.46.